The number of aliphatic carboxylic acids is 1. The molecule has 0 spiro atoms. The van der Waals surface area contributed by atoms with Gasteiger partial charge >= 0.3 is 12.1 Å². The van der Waals surface area contributed by atoms with Crippen molar-refractivity contribution in [3.05, 3.63) is 41.6 Å². The van der Waals surface area contributed by atoms with Crippen molar-refractivity contribution < 1.29 is 33.7 Å². The summed E-state index contributed by atoms with van der Waals surface area (Å²) in [4.78, 5) is 44.0. The van der Waals surface area contributed by atoms with Crippen molar-refractivity contribution in [1.29, 1.82) is 0 Å². The van der Waals surface area contributed by atoms with Crippen LogP contribution in [0.3, 0.4) is 0 Å². The van der Waals surface area contributed by atoms with Crippen molar-refractivity contribution in [3.63, 3.8) is 0 Å². The van der Waals surface area contributed by atoms with Crippen LogP contribution in [-0.4, -0.2) is 70.9 Å². The van der Waals surface area contributed by atoms with Crippen molar-refractivity contribution in [2.24, 2.45) is 5.92 Å². The number of halogens is 1. The van der Waals surface area contributed by atoms with Crippen LogP contribution >= 0.6 is 11.6 Å². The molecule has 1 saturated carbocycles. The molecule has 4 atom stereocenters. The second kappa shape index (κ2) is 10.1. The first-order valence-electron chi connectivity index (χ1n) is 12.3. The molecule has 5 rings (SSSR count). The van der Waals surface area contributed by atoms with E-state index in [4.69, 9.17) is 25.8 Å². The normalized spacial score (nSPS) is 28.8. The fraction of sp³-hybridized carbons (Fsp3) is 0.462. The highest BCUT2D eigenvalue weighted by molar-refractivity contribution is 6.30. The van der Waals surface area contributed by atoms with E-state index in [9.17, 15) is 19.5 Å². The fourth-order valence-electron chi connectivity index (χ4n) is 5.01. The van der Waals surface area contributed by atoms with E-state index in [1.54, 1.807) is 25.3 Å². The van der Waals surface area contributed by atoms with Crippen LogP contribution in [0.15, 0.2) is 36.4 Å². The van der Waals surface area contributed by atoms with Gasteiger partial charge in [0.05, 0.1) is 20.3 Å². The number of nitrogens with zero attached hydrogens (tertiary/aromatic N) is 2. The Morgan fingerprint density at radius 2 is 2.14 bits per heavy atom. The van der Waals surface area contributed by atoms with Gasteiger partial charge < -0.3 is 24.6 Å². The van der Waals surface area contributed by atoms with Crippen LogP contribution in [0.5, 0.6) is 11.6 Å². The summed E-state index contributed by atoms with van der Waals surface area (Å²) in [6, 6.07) is 6.13. The summed E-state index contributed by atoms with van der Waals surface area (Å²) in [6.45, 7) is 0.306. The quantitative estimate of drug-likeness (QED) is 0.454. The number of aromatic nitrogens is 1. The predicted octanol–water partition coefficient (Wildman–Crippen LogP) is 3.55. The first-order valence-corrected chi connectivity index (χ1v) is 12.6. The molecule has 10 nitrogen and oxygen atoms in total. The van der Waals surface area contributed by atoms with E-state index in [0.29, 0.717) is 24.0 Å². The number of cyclic esters (lactones) is 1. The minimum absolute atomic E-state index is 0.0756. The number of fused-ring (bicyclic) bond motifs is 3. The lowest BCUT2D eigenvalue weighted by molar-refractivity contribution is -0.144. The first-order chi connectivity index (χ1) is 17.8. The van der Waals surface area contributed by atoms with E-state index >= 15 is 0 Å². The molecule has 2 N–H and O–H groups in total. The minimum Gasteiger partial charge on any atom is -0.497 e. The van der Waals surface area contributed by atoms with Crippen LogP contribution in [-0.2, 0) is 14.3 Å². The average Bonchev–Trinajstić information content (AvgIpc) is 3.40. The summed E-state index contributed by atoms with van der Waals surface area (Å²) < 4.78 is 16.9. The highest BCUT2D eigenvalue weighted by Gasteiger charge is 2.61. The summed E-state index contributed by atoms with van der Waals surface area (Å²) in [5.74, 6) is -1.01. The Labute approximate surface area is 218 Å². The number of carbonyl (C=O) groups excluding carboxylic acids is 2. The van der Waals surface area contributed by atoms with Crippen molar-refractivity contribution in [1.82, 2.24) is 15.2 Å². The van der Waals surface area contributed by atoms with Gasteiger partial charge in [0, 0.05) is 17.7 Å². The van der Waals surface area contributed by atoms with Crippen LogP contribution in [0.4, 0.5) is 4.79 Å². The number of nitrogens with one attached hydrogen (secondary N) is 1. The molecule has 0 unspecified atom stereocenters. The van der Waals surface area contributed by atoms with E-state index in [0.717, 1.165) is 18.2 Å². The lowest BCUT2D eigenvalue weighted by atomic mass is 10.1. The number of ether oxygens (including phenoxy) is 3. The highest BCUT2D eigenvalue weighted by atomic mass is 35.5. The number of methoxy groups -OCH3 is 1. The van der Waals surface area contributed by atoms with E-state index < -0.39 is 35.7 Å². The van der Waals surface area contributed by atoms with Gasteiger partial charge in [-0.25, -0.2) is 14.6 Å². The highest BCUT2D eigenvalue weighted by Crippen LogP contribution is 2.45. The fourth-order valence-corrected chi connectivity index (χ4v) is 5.21. The van der Waals surface area contributed by atoms with Crippen LogP contribution in [0.1, 0.15) is 32.1 Å². The average molecular weight is 530 g/mol. The molecule has 11 heteroatoms. The van der Waals surface area contributed by atoms with Crippen molar-refractivity contribution in [3.8, 4) is 11.6 Å². The van der Waals surface area contributed by atoms with Gasteiger partial charge in [-0.15, -0.1) is 0 Å². The zero-order valence-corrected chi connectivity index (χ0v) is 21.1. The van der Waals surface area contributed by atoms with Gasteiger partial charge in [-0.05, 0) is 55.3 Å². The van der Waals surface area contributed by atoms with E-state index in [1.807, 2.05) is 18.2 Å². The Bertz CT molecular complexity index is 1270. The standard InChI is InChI=1S/C26H28ClN3O7/c1-35-17-7-8-19-15(10-17)11-21(27)28-23(19)37-18-12-20-22(31)29-26(24(32)33)13-16(26)6-4-2-3-5-9-36-25(34)30(20)14-18/h4,6-8,10-11,16,18,20H,2-3,5,9,12-14H2,1H3,(H,29,31)(H,32,33)/b6-4-/t16-,18-,20+,26-/m1/s1. The molecule has 1 aromatic carbocycles. The smallest absolute Gasteiger partial charge is 0.410 e. The molecule has 1 aliphatic carbocycles. The van der Waals surface area contributed by atoms with Gasteiger partial charge in [-0.3, -0.25) is 9.69 Å². The van der Waals surface area contributed by atoms with Crippen LogP contribution in [0.2, 0.25) is 5.15 Å². The topological polar surface area (TPSA) is 127 Å². The van der Waals surface area contributed by atoms with Gasteiger partial charge in [0.1, 0.15) is 28.6 Å². The molecule has 2 amide bonds. The van der Waals surface area contributed by atoms with Crippen LogP contribution in [0, 0.1) is 5.92 Å². The molecule has 3 aliphatic rings. The summed E-state index contributed by atoms with van der Waals surface area (Å²) in [6.07, 6.45) is 5.22. The molecule has 0 bridgehead atoms. The lowest BCUT2D eigenvalue weighted by Crippen LogP contribution is -2.53. The van der Waals surface area contributed by atoms with Crippen molar-refractivity contribution >= 4 is 40.3 Å². The molecular formula is C26H28ClN3O7. The number of benzene rings is 1. The number of carboxylic acid groups (broad SMARTS) is 1. The number of hydrogen-bond acceptors (Lipinski definition) is 7. The summed E-state index contributed by atoms with van der Waals surface area (Å²) >= 11 is 6.23. The largest absolute Gasteiger partial charge is 0.497 e. The monoisotopic (exact) mass is 529 g/mol. The third-order valence-corrected chi connectivity index (χ3v) is 7.35. The molecule has 37 heavy (non-hydrogen) atoms. The van der Waals surface area contributed by atoms with Crippen molar-refractivity contribution in [2.75, 3.05) is 20.3 Å². The molecule has 3 heterocycles. The van der Waals surface area contributed by atoms with Gasteiger partial charge in [-0.2, -0.15) is 0 Å². The molecule has 196 valence electrons. The number of hydrogen-bond donors (Lipinski definition) is 2. The Morgan fingerprint density at radius 3 is 2.92 bits per heavy atom. The maximum absolute atomic E-state index is 13.3. The molecule has 0 radical (unpaired) electrons. The van der Waals surface area contributed by atoms with Gasteiger partial charge in [0.25, 0.3) is 0 Å². The maximum Gasteiger partial charge on any atom is 0.410 e. The third-order valence-electron chi connectivity index (χ3n) is 7.15. The second-order valence-corrected chi connectivity index (χ2v) is 9.98. The SMILES string of the molecule is COc1ccc2c(O[C@@H]3C[C@H]4C(=O)N[C@]5(C(=O)O)C[C@H]5/C=C\CCCCOC(=O)N4C3)nc(Cl)cc2c1. The van der Waals surface area contributed by atoms with Gasteiger partial charge in [0.2, 0.25) is 11.8 Å². The molecule has 1 aromatic heterocycles. The molecule has 2 aliphatic heterocycles. The zero-order chi connectivity index (χ0) is 26.2. The third kappa shape index (κ3) is 5.02. The summed E-state index contributed by atoms with van der Waals surface area (Å²) in [5, 5.41) is 14.2. The van der Waals surface area contributed by atoms with Crippen LogP contribution in [0.25, 0.3) is 10.8 Å². The number of allylic oxidation sites excluding steroid dienone is 1. The zero-order valence-electron chi connectivity index (χ0n) is 20.3. The van der Waals surface area contributed by atoms with Gasteiger partial charge in [0.15, 0.2) is 0 Å². The molecule has 1 saturated heterocycles. The van der Waals surface area contributed by atoms with Crippen molar-refractivity contribution in [2.45, 2.75) is 49.8 Å². The van der Waals surface area contributed by atoms with Crippen LogP contribution < -0.4 is 14.8 Å². The summed E-state index contributed by atoms with van der Waals surface area (Å²) in [5.41, 5.74) is -1.37. The number of amides is 2. The van der Waals surface area contributed by atoms with E-state index in [2.05, 4.69) is 10.3 Å². The minimum atomic E-state index is -1.37. The van der Waals surface area contributed by atoms with Gasteiger partial charge in [-0.1, -0.05) is 23.8 Å². The Kier molecular flexibility index (Phi) is 6.85. The lowest BCUT2D eigenvalue weighted by Gasteiger charge is -2.25. The molecule has 2 fully saturated rings. The molecular weight excluding hydrogens is 502 g/mol. The van der Waals surface area contributed by atoms with E-state index in [-0.39, 0.29) is 36.5 Å². The number of carboxylic acids is 1. The summed E-state index contributed by atoms with van der Waals surface area (Å²) in [7, 11) is 1.57. The first kappa shape index (κ1) is 25.1. The second-order valence-electron chi connectivity index (χ2n) is 9.60. The Morgan fingerprint density at radius 1 is 1.30 bits per heavy atom. The van der Waals surface area contributed by atoms with E-state index in [1.165, 1.54) is 4.90 Å². The Hall–Kier alpha value is -3.53. The Balaban J connectivity index is 1.40. The maximum atomic E-state index is 13.3. The number of pyridine rings is 1. The predicted molar refractivity (Wildman–Crippen MR) is 134 cm³/mol. The number of rotatable bonds is 4. The number of carbonyl (C=O) groups is 3. The molecule has 2 aromatic rings.